The van der Waals surface area contributed by atoms with Gasteiger partial charge in [-0.25, -0.2) is 0 Å². The van der Waals surface area contributed by atoms with Crippen molar-refractivity contribution in [1.29, 1.82) is 0 Å². The molecule has 5 heteroatoms. The van der Waals surface area contributed by atoms with Gasteiger partial charge in [-0.2, -0.15) is 0 Å². The third kappa shape index (κ3) is 2.69. The van der Waals surface area contributed by atoms with Crippen LogP contribution in [0, 0.1) is 17.3 Å². The van der Waals surface area contributed by atoms with Gasteiger partial charge < -0.3 is 18.9 Å². The van der Waals surface area contributed by atoms with Crippen LogP contribution < -0.4 is 9.47 Å². The molecule has 0 aromatic heterocycles. The Morgan fingerprint density at radius 3 is 3.00 bits per heavy atom. The molecule has 2 fully saturated rings. The van der Waals surface area contributed by atoms with Crippen LogP contribution in [0.2, 0.25) is 0 Å². The normalized spacial score (nSPS) is 32.0. The lowest BCUT2D eigenvalue weighted by Crippen LogP contribution is -2.61. The van der Waals surface area contributed by atoms with Crippen LogP contribution in [0.1, 0.15) is 32.8 Å². The van der Waals surface area contributed by atoms with Crippen LogP contribution in [0.15, 0.2) is 18.2 Å². The number of hydrogen-bond acceptors (Lipinski definition) is 5. The number of carbonyl (C=O) groups is 1. The van der Waals surface area contributed by atoms with Crippen LogP contribution in [-0.4, -0.2) is 38.0 Å². The van der Waals surface area contributed by atoms with E-state index in [9.17, 15) is 4.79 Å². The predicted octanol–water partition coefficient (Wildman–Crippen LogP) is 2.99. The molecule has 0 amide bonds. The van der Waals surface area contributed by atoms with E-state index in [1.165, 1.54) is 0 Å². The minimum Gasteiger partial charge on any atom is -0.490 e. The molecular formula is C20H26O5. The first-order chi connectivity index (χ1) is 12.0. The smallest absolute Gasteiger partial charge is 0.313 e. The fourth-order valence-corrected chi connectivity index (χ4v) is 4.55. The Balaban J connectivity index is 1.43. The first kappa shape index (κ1) is 16.7. The van der Waals surface area contributed by atoms with Gasteiger partial charge in [0.1, 0.15) is 12.7 Å². The Labute approximate surface area is 148 Å². The van der Waals surface area contributed by atoms with Gasteiger partial charge in [-0.15, -0.1) is 0 Å². The molecule has 2 aliphatic heterocycles. The Bertz CT molecular complexity index is 668. The summed E-state index contributed by atoms with van der Waals surface area (Å²) in [4.78, 5) is 12.7. The van der Waals surface area contributed by atoms with Gasteiger partial charge in [0.15, 0.2) is 11.5 Å². The quantitative estimate of drug-likeness (QED) is 0.785. The van der Waals surface area contributed by atoms with E-state index in [1.807, 2.05) is 25.1 Å². The van der Waals surface area contributed by atoms with Crippen molar-refractivity contribution in [2.45, 2.75) is 45.8 Å². The monoisotopic (exact) mass is 346 g/mol. The maximum absolute atomic E-state index is 12.7. The van der Waals surface area contributed by atoms with E-state index in [0.29, 0.717) is 25.6 Å². The van der Waals surface area contributed by atoms with Crippen LogP contribution in [0.3, 0.4) is 0 Å². The van der Waals surface area contributed by atoms with E-state index < -0.39 is 0 Å². The molecule has 25 heavy (non-hydrogen) atoms. The van der Waals surface area contributed by atoms with Crippen molar-refractivity contribution in [2.75, 3.05) is 19.8 Å². The first-order valence-electron chi connectivity index (χ1n) is 9.22. The second kappa shape index (κ2) is 6.20. The second-order valence-corrected chi connectivity index (χ2v) is 7.81. The zero-order valence-corrected chi connectivity index (χ0v) is 15.1. The van der Waals surface area contributed by atoms with Crippen molar-refractivity contribution in [3.8, 4) is 11.5 Å². The largest absolute Gasteiger partial charge is 0.490 e. The number of hydrogen-bond donors (Lipinski definition) is 0. The van der Waals surface area contributed by atoms with Crippen molar-refractivity contribution in [3.05, 3.63) is 23.8 Å². The highest BCUT2D eigenvalue weighted by Crippen LogP contribution is 2.54. The highest BCUT2D eigenvalue weighted by atomic mass is 16.6. The summed E-state index contributed by atoms with van der Waals surface area (Å²) in [6.45, 7) is 7.90. The van der Waals surface area contributed by atoms with Gasteiger partial charge in [-0.3, -0.25) is 4.79 Å². The van der Waals surface area contributed by atoms with E-state index >= 15 is 0 Å². The summed E-state index contributed by atoms with van der Waals surface area (Å²) in [5.41, 5.74) is 0.904. The lowest BCUT2D eigenvalue weighted by Gasteiger charge is -2.53. The van der Waals surface area contributed by atoms with Gasteiger partial charge in [0, 0.05) is 17.9 Å². The minimum absolute atomic E-state index is 0.0522. The zero-order valence-electron chi connectivity index (χ0n) is 15.1. The van der Waals surface area contributed by atoms with Gasteiger partial charge in [0.05, 0.1) is 18.6 Å². The lowest BCUT2D eigenvalue weighted by molar-refractivity contribution is -0.213. The standard InChI is InChI=1S/C20H26O5/c1-4-22-15-7-5-6-12-10-13(11-24-16(12)15)19(21)25-18-14-8-9-23-17(14)20(18,2)3/h5-7,13-14,17-18H,4,8-11H2,1-3H3/t13-,14-,17-,18-/m1/s1. The number of fused-ring (bicyclic) bond motifs is 2. The molecule has 5 nitrogen and oxygen atoms in total. The molecule has 4 rings (SSSR count). The molecule has 0 bridgehead atoms. The van der Waals surface area contributed by atoms with E-state index in [4.69, 9.17) is 18.9 Å². The molecule has 1 aromatic carbocycles. The fraction of sp³-hybridized carbons (Fsp3) is 0.650. The summed E-state index contributed by atoms with van der Waals surface area (Å²) < 4.78 is 23.2. The molecule has 0 spiro atoms. The number of benzene rings is 1. The highest BCUT2D eigenvalue weighted by molar-refractivity contribution is 5.74. The molecule has 0 unspecified atom stereocenters. The third-order valence-corrected chi connectivity index (χ3v) is 5.82. The predicted molar refractivity (Wildman–Crippen MR) is 91.8 cm³/mol. The maximum Gasteiger partial charge on any atom is 0.313 e. The first-order valence-corrected chi connectivity index (χ1v) is 9.22. The van der Waals surface area contributed by atoms with Crippen LogP contribution in [0.4, 0.5) is 0 Å². The summed E-state index contributed by atoms with van der Waals surface area (Å²) in [6, 6.07) is 5.83. The Morgan fingerprint density at radius 2 is 2.20 bits per heavy atom. The van der Waals surface area contributed by atoms with Crippen LogP contribution in [0.25, 0.3) is 0 Å². The summed E-state index contributed by atoms with van der Waals surface area (Å²) >= 11 is 0. The molecule has 1 saturated carbocycles. The van der Waals surface area contributed by atoms with Crippen LogP contribution in [0.5, 0.6) is 11.5 Å². The van der Waals surface area contributed by atoms with E-state index in [-0.39, 0.29) is 29.5 Å². The maximum atomic E-state index is 12.7. The Hall–Kier alpha value is -1.75. The molecule has 1 aliphatic carbocycles. The van der Waals surface area contributed by atoms with Crippen molar-refractivity contribution in [2.24, 2.45) is 17.3 Å². The number of esters is 1. The number of ether oxygens (including phenoxy) is 4. The van der Waals surface area contributed by atoms with E-state index in [1.54, 1.807) is 0 Å². The molecule has 4 atom stereocenters. The lowest BCUT2D eigenvalue weighted by atomic mass is 9.59. The van der Waals surface area contributed by atoms with Crippen molar-refractivity contribution >= 4 is 5.97 Å². The number of carbonyl (C=O) groups excluding carboxylic acids is 1. The molecule has 2 heterocycles. The van der Waals surface area contributed by atoms with Crippen LogP contribution >= 0.6 is 0 Å². The molecule has 3 aliphatic rings. The van der Waals surface area contributed by atoms with E-state index in [0.717, 1.165) is 30.1 Å². The molecule has 1 saturated heterocycles. The minimum atomic E-state index is -0.262. The van der Waals surface area contributed by atoms with Crippen molar-refractivity contribution in [3.63, 3.8) is 0 Å². The summed E-state index contributed by atoms with van der Waals surface area (Å²) in [5.74, 6) is 1.44. The molecule has 1 aromatic rings. The highest BCUT2D eigenvalue weighted by Gasteiger charge is 2.61. The molecule has 0 N–H and O–H groups in total. The average Bonchev–Trinajstić information content (AvgIpc) is 3.07. The van der Waals surface area contributed by atoms with Gasteiger partial charge in [-0.05, 0) is 31.4 Å². The fourth-order valence-electron chi connectivity index (χ4n) is 4.55. The van der Waals surface area contributed by atoms with Gasteiger partial charge >= 0.3 is 5.97 Å². The second-order valence-electron chi connectivity index (χ2n) is 7.81. The number of rotatable bonds is 4. The molecule has 136 valence electrons. The van der Waals surface area contributed by atoms with Gasteiger partial charge in [-0.1, -0.05) is 26.0 Å². The zero-order chi connectivity index (χ0) is 17.6. The van der Waals surface area contributed by atoms with Gasteiger partial charge in [0.2, 0.25) is 0 Å². The Kier molecular flexibility index (Phi) is 4.14. The van der Waals surface area contributed by atoms with Crippen LogP contribution in [-0.2, 0) is 20.7 Å². The average molecular weight is 346 g/mol. The third-order valence-electron chi connectivity index (χ3n) is 5.82. The summed E-state index contributed by atoms with van der Waals surface area (Å²) in [6.07, 6.45) is 1.78. The summed E-state index contributed by atoms with van der Waals surface area (Å²) in [7, 11) is 0. The summed E-state index contributed by atoms with van der Waals surface area (Å²) in [5, 5.41) is 0. The van der Waals surface area contributed by atoms with Gasteiger partial charge in [0.25, 0.3) is 0 Å². The Morgan fingerprint density at radius 1 is 1.36 bits per heavy atom. The van der Waals surface area contributed by atoms with Crippen molar-refractivity contribution in [1.82, 2.24) is 0 Å². The number of para-hydroxylation sites is 1. The molecule has 0 radical (unpaired) electrons. The van der Waals surface area contributed by atoms with Crippen molar-refractivity contribution < 1.29 is 23.7 Å². The topological polar surface area (TPSA) is 54.0 Å². The van der Waals surface area contributed by atoms with E-state index in [2.05, 4.69) is 13.8 Å². The SMILES string of the molecule is CCOc1cccc2c1OC[C@H](C(=O)O[C@@H]1[C@@H]3CCO[C@H]3C1(C)C)C2. The molecular weight excluding hydrogens is 320 g/mol.